The van der Waals surface area contributed by atoms with Crippen molar-refractivity contribution in [1.29, 1.82) is 0 Å². The molecule has 0 aromatic heterocycles. The molecule has 0 bridgehead atoms. The van der Waals surface area contributed by atoms with E-state index in [1.807, 2.05) is 0 Å². The second-order valence-corrected chi connectivity index (χ2v) is 12.4. The number of carbonyl (C=O) groups excluding carboxylic acids is 6. The molecule has 2 aliphatic rings. The summed E-state index contributed by atoms with van der Waals surface area (Å²) in [6.45, 7) is 0. The van der Waals surface area contributed by atoms with E-state index >= 15 is 0 Å². The fourth-order valence-corrected chi connectivity index (χ4v) is 5.84. The Labute approximate surface area is 199 Å². The molecular formula is C14H16N2O14S4. The van der Waals surface area contributed by atoms with E-state index in [0.717, 1.165) is 21.6 Å². The Hall–Kier alpha value is -2.26. The lowest BCUT2D eigenvalue weighted by molar-refractivity contribution is -0.197. The third-order valence-electron chi connectivity index (χ3n) is 4.09. The first kappa shape index (κ1) is 28.0. The molecule has 0 spiro atoms. The first-order chi connectivity index (χ1) is 15.6. The van der Waals surface area contributed by atoms with Crippen LogP contribution < -0.4 is 0 Å². The zero-order valence-electron chi connectivity index (χ0n) is 16.7. The lowest BCUT2D eigenvalue weighted by atomic mass is 10.4. The topological polar surface area (TPSA) is 236 Å². The van der Waals surface area contributed by atoms with Crippen LogP contribution in [-0.2, 0) is 58.7 Å². The van der Waals surface area contributed by atoms with E-state index in [-0.39, 0.29) is 34.5 Å². The van der Waals surface area contributed by atoms with Gasteiger partial charge in [-0.25, -0.2) is 9.59 Å². The Kier molecular flexibility index (Phi) is 9.04. The molecule has 2 N–H and O–H groups in total. The minimum atomic E-state index is -4.84. The molecular weight excluding hydrogens is 548 g/mol. The van der Waals surface area contributed by atoms with Crippen molar-refractivity contribution in [3.05, 3.63) is 0 Å². The largest absolute Gasteiger partial charge is 0.334 e. The Morgan fingerprint density at radius 1 is 0.765 bits per heavy atom. The second kappa shape index (κ2) is 11.0. The van der Waals surface area contributed by atoms with Crippen LogP contribution in [0.1, 0.15) is 25.7 Å². The van der Waals surface area contributed by atoms with Crippen molar-refractivity contribution in [1.82, 2.24) is 10.1 Å². The summed E-state index contributed by atoms with van der Waals surface area (Å²) in [6.07, 6.45) is -2.36. The van der Waals surface area contributed by atoms with E-state index in [9.17, 15) is 45.6 Å². The standard InChI is InChI=1S/C14H16N2O14S4/c17-9-5-7(33(23,24)25)13(21)15(9)29-11(19)1-3-31-32-4-2-12(20)30-16-10(18)6-8(14(16)22)34(26,27)28/h7-8H,1-6H2,(H,23,24,25)(H,26,27,28)/t7-,8-/m0/s1. The summed E-state index contributed by atoms with van der Waals surface area (Å²) in [7, 11) is -7.56. The van der Waals surface area contributed by atoms with Gasteiger partial charge in [0, 0.05) is 11.5 Å². The number of hydrogen-bond acceptors (Lipinski definition) is 14. The van der Waals surface area contributed by atoms with Crippen LogP contribution in [0, 0.1) is 0 Å². The molecule has 0 saturated carbocycles. The van der Waals surface area contributed by atoms with Crippen LogP contribution in [0.15, 0.2) is 0 Å². The summed E-state index contributed by atoms with van der Waals surface area (Å²) in [5, 5.41) is -4.13. The molecule has 0 aromatic carbocycles. The average Bonchev–Trinajstić information content (AvgIpc) is 3.15. The SMILES string of the molecule is O=C(CCSSCCC(=O)ON1C(=O)C[C@H](S(=O)(=O)O)C1=O)ON1C(=O)C[C@H](S(=O)(=O)O)C1=O. The van der Waals surface area contributed by atoms with Gasteiger partial charge in [-0.3, -0.25) is 28.3 Å². The predicted molar refractivity (Wildman–Crippen MR) is 110 cm³/mol. The van der Waals surface area contributed by atoms with Gasteiger partial charge in [-0.2, -0.15) is 16.8 Å². The first-order valence-electron chi connectivity index (χ1n) is 8.95. The molecule has 2 heterocycles. The summed E-state index contributed by atoms with van der Waals surface area (Å²) in [4.78, 5) is 79.2. The van der Waals surface area contributed by atoms with Crippen LogP contribution in [0.2, 0.25) is 0 Å². The third kappa shape index (κ3) is 7.12. The van der Waals surface area contributed by atoms with Gasteiger partial charge in [0.05, 0.1) is 25.7 Å². The quantitative estimate of drug-likeness (QED) is 0.120. The molecule has 0 aromatic rings. The molecule has 2 aliphatic heterocycles. The Balaban J connectivity index is 1.65. The van der Waals surface area contributed by atoms with E-state index in [1.165, 1.54) is 0 Å². The van der Waals surface area contributed by atoms with E-state index in [1.54, 1.807) is 0 Å². The summed E-state index contributed by atoms with van der Waals surface area (Å²) >= 11 is 0. The number of nitrogens with zero attached hydrogens (tertiary/aromatic N) is 2. The number of hydrogen-bond donors (Lipinski definition) is 2. The number of carbonyl (C=O) groups is 6. The Morgan fingerprint density at radius 3 is 1.35 bits per heavy atom. The molecule has 2 rings (SSSR count). The van der Waals surface area contributed by atoms with Crippen molar-refractivity contribution >= 4 is 77.4 Å². The molecule has 16 nitrogen and oxygen atoms in total. The number of amides is 4. The molecule has 2 saturated heterocycles. The Bertz CT molecular complexity index is 1030. The van der Waals surface area contributed by atoms with Crippen LogP contribution >= 0.6 is 21.6 Å². The Morgan fingerprint density at radius 2 is 1.09 bits per heavy atom. The zero-order valence-corrected chi connectivity index (χ0v) is 20.0. The van der Waals surface area contributed by atoms with Gasteiger partial charge in [-0.15, -0.1) is 10.1 Å². The van der Waals surface area contributed by atoms with Gasteiger partial charge in [0.25, 0.3) is 43.9 Å². The number of hydroxylamine groups is 4. The highest BCUT2D eigenvalue weighted by Gasteiger charge is 2.49. The maximum atomic E-state index is 11.8. The van der Waals surface area contributed by atoms with E-state index < -0.39 is 79.1 Å². The van der Waals surface area contributed by atoms with Gasteiger partial charge in [0.15, 0.2) is 10.5 Å². The molecule has 0 radical (unpaired) electrons. The minimum absolute atomic E-state index is 0.0257. The van der Waals surface area contributed by atoms with Crippen molar-refractivity contribution in [2.45, 2.75) is 36.2 Å². The number of rotatable bonds is 11. The molecule has 0 unspecified atom stereocenters. The molecule has 4 amide bonds. The fourth-order valence-electron chi connectivity index (χ4n) is 2.48. The van der Waals surface area contributed by atoms with Gasteiger partial charge in [-0.05, 0) is 0 Å². The van der Waals surface area contributed by atoms with Crippen molar-refractivity contribution in [3.63, 3.8) is 0 Å². The normalized spacial score (nSPS) is 21.4. The van der Waals surface area contributed by atoms with Crippen molar-refractivity contribution in [2.24, 2.45) is 0 Å². The highest BCUT2D eigenvalue weighted by atomic mass is 33.1. The van der Waals surface area contributed by atoms with Gasteiger partial charge < -0.3 is 9.68 Å². The lowest BCUT2D eigenvalue weighted by Gasteiger charge is -2.13. The highest BCUT2D eigenvalue weighted by Crippen LogP contribution is 2.25. The average molecular weight is 565 g/mol. The monoisotopic (exact) mass is 564 g/mol. The predicted octanol–water partition coefficient (Wildman–Crippen LogP) is -1.90. The molecule has 2 atom stereocenters. The van der Waals surface area contributed by atoms with Gasteiger partial charge in [0.2, 0.25) is 0 Å². The lowest BCUT2D eigenvalue weighted by Crippen LogP contribution is -2.36. The van der Waals surface area contributed by atoms with E-state index in [0.29, 0.717) is 0 Å². The molecule has 34 heavy (non-hydrogen) atoms. The van der Waals surface area contributed by atoms with Crippen molar-refractivity contribution in [2.75, 3.05) is 11.5 Å². The van der Waals surface area contributed by atoms with Gasteiger partial charge in [0.1, 0.15) is 0 Å². The van der Waals surface area contributed by atoms with Crippen LogP contribution in [0.25, 0.3) is 0 Å². The summed E-state index contributed by atoms with van der Waals surface area (Å²) in [5.41, 5.74) is 0. The highest BCUT2D eigenvalue weighted by molar-refractivity contribution is 8.76. The third-order valence-corrected chi connectivity index (χ3v) is 8.67. The van der Waals surface area contributed by atoms with Crippen LogP contribution in [0.3, 0.4) is 0 Å². The summed E-state index contributed by atoms with van der Waals surface area (Å²) in [5.74, 6) is -6.92. The summed E-state index contributed by atoms with van der Waals surface area (Å²) < 4.78 is 61.9. The summed E-state index contributed by atoms with van der Waals surface area (Å²) in [6, 6.07) is 0. The fraction of sp³-hybridized carbons (Fsp3) is 0.571. The number of imide groups is 2. The first-order valence-corrected chi connectivity index (χ1v) is 14.4. The zero-order chi connectivity index (χ0) is 25.8. The molecule has 0 aliphatic carbocycles. The van der Waals surface area contributed by atoms with Crippen molar-refractivity contribution < 1.29 is 64.4 Å². The van der Waals surface area contributed by atoms with Crippen molar-refractivity contribution in [3.8, 4) is 0 Å². The minimum Gasteiger partial charge on any atom is -0.330 e. The second-order valence-electron chi connectivity index (χ2n) is 6.54. The van der Waals surface area contributed by atoms with Crippen LogP contribution in [-0.4, -0.2) is 93.6 Å². The van der Waals surface area contributed by atoms with Gasteiger partial charge in [-0.1, -0.05) is 21.6 Å². The molecule has 20 heteroatoms. The molecule has 2 fully saturated rings. The maximum absolute atomic E-state index is 11.8. The van der Waals surface area contributed by atoms with Crippen LogP contribution in [0.4, 0.5) is 0 Å². The van der Waals surface area contributed by atoms with E-state index in [4.69, 9.17) is 9.11 Å². The maximum Gasteiger partial charge on any atom is 0.334 e. The van der Waals surface area contributed by atoms with E-state index in [2.05, 4.69) is 9.68 Å². The smallest absolute Gasteiger partial charge is 0.330 e. The molecule has 190 valence electrons. The van der Waals surface area contributed by atoms with Crippen LogP contribution in [0.5, 0.6) is 0 Å². The van der Waals surface area contributed by atoms with Gasteiger partial charge >= 0.3 is 11.9 Å².